The van der Waals surface area contributed by atoms with Crippen molar-refractivity contribution in [2.45, 2.75) is 69.9 Å². The maximum absolute atomic E-state index is 9.36. The molecule has 1 aliphatic carbocycles. The van der Waals surface area contributed by atoms with E-state index < -0.39 is 0 Å². The van der Waals surface area contributed by atoms with Crippen LogP contribution in [0.15, 0.2) is 0 Å². The molecule has 1 N–H and O–H groups in total. The van der Waals surface area contributed by atoms with E-state index in [1.165, 1.54) is 58.0 Å². The molecule has 1 aliphatic heterocycles. The zero-order valence-electron chi connectivity index (χ0n) is 11.7. The van der Waals surface area contributed by atoms with Gasteiger partial charge in [0.2, 0.25) is 0 Å². The van der Waals surface area contributed by atoms with Crippen LogP contribution in [0.25, 0.3) is 0 Å². The Kier molecular flexibility index (Phi) is 5.03. The van der Waals surface area contributed by atoms with Crippen LogP contribution in [0.5, 0.6) is 0 Å². The second-order valence-electron chi connectivity index (χ2n) is 6.22. The number of hydrogen-bond acceptors (Lipinski definition) is 3. The molecular formula is C15H27N3. The first-order chi connectivity index (χ1) is 8.72. The highest BCUT2D eigenvalue weighted by atomic mass is 15.1. The number of nitrogens with zero attached hydrogens (tertiary/aromatic N) is 2. The molecule has 1 saturated carbocycles. The van der Waals surface area contributed by atoms with Crippen LogP contribution in [0.1, 0.15) is 58.3 Å². The molecule has 1 heterocycles. The Labute approximate surface area is 112 Å². The molecule has 1 saturated heterocycles. The van der Waals surface area contributed by atoms with Gasteiger partial charge in [-0.3, -0.25) is 5.32 Å². The van der Waals surface area contributed by atoms with Crippen molar-refractivity contribution in [1.29, 1.82) is 5.26 Å². The maximum atomic E-state index is 9.36. The molecule has 0 aromatic heterocycles. The summed E-state index contributed by atoms with van der Waals surface area (Å²) in [5.41, 5.74) is -0.316. The highest BCUT2D eigenvalue weighted by Gasteiger charge is 2.32. The third kappa shape index (κ3) is 4.59. The molecule has 2 rings (SSSR count). The van der Waals surface area contributed by atoms with Crippen molar-refractivity contribution in [2.24, 2.45) is 0 Å². The zero-order chi connectivity index (χ0) is 12.8. The first kappa shape index (κ1) is 13.8. The van der Waals surface area contributed by atoms with Crippen LogP contribution >= 0.6 is 0 Å². The standard InChI is InChI=1S/C15H27N3/c1-15(13-16,17-14-7-8-14)9-12-18-10-5-3-2-4-6-11-18/h14,17H,2-12H2,1H3. The van der Waals surface area contributed by atoms with Crippen LogP contribution in [0.3, 0.4) is 0 Å². The van der Waals surface area contributed by atoms with E-state index >= 15 is 0 Å². The summed E-state index contributed by atoms with van der Waals surface area (Å²) in [6.45, 7) is 5.59. The Morgan fingerprint density at radius 3 is 2.33 bits per heavy atom. The van der Waals surface area contributed by atoms with Gasteiger partial charge in [0.05, 0.1) is 6.07 Å². The van der Waals surface area contributed by atoms with Gasteiger partial charge in [-0.05, 0) is 52.1 Å². The maximum Gasteiger partial charge on any atom is 0.105 e. The minimum absolute atomic E-state index is 0.316. The molecule has 0 spiro atoms. The molecule has 1 atom stereocenters. The fourth-order valence-corrected chi connectivity index (χ4v) is 2.76. The fraction of sp³-hybridized carbons (Fsp3) is 0.933. The Morgan fingerprint density at radius 1 is 1.17 bits per heavy atom. The average Bonchev–Trinajstić information content (AvgIpc) is 3.11. The number of rotatable bonds is 5. The Balaban J connectivity index is 1.75. The molecule has 3 nitrogen and oxygen atoms in total. The van der Waals surface area contributed by atoms with Gasteiger partial charge in [0.1, 0.15) is 5.54 Å². The summed E-state index contributed by atoms with van der Waals surface area (Å²) in [6.07, 6.45) is 10.3. The number of hydrogen-bond donors (Lipinski definition) is 1. The third-order valence-electron chi connectivity index (χ3n) is 4.22. The summed E-state index contributed by atoms with van der Waals surface area (Å²) in [5, 5.41) is 12.9. The van der Waals surface area contributed by atoms with E-state index in [0.717, 1.165) is 13.0 Å². The van der Waals surface area contributed by atoms with Crippen LogP contribution in [-0.4, -0.2) is 36.1 Å². The van der Waals surface area contributed by atoms with Crippen molar-refractivity contribution in [3.05, 3.63) is 0 Å². The van der Waals surface area contributed by atoms with E-state index in [2.05, 4.69) is 23.2 Å². The van der Waals surface area contributed by atoms with E-state index in [9.17, 15) is 5.26 Å². The van der Waals surface area contributed by atoms with Crippen LogP contribution in [0.2, 0.25) is 0 Å². The van der Waals surface area contributed by atoms with Crippen molar-refractivity contribution in [3.8, 4) is 6.07 Å². The summed E-state index contributed by atoms with van der Waals surface area (Å²) < 4.78 is 0. The van der Waals surface area contributed by atoms with Gasteiger partial charge < -0.3 is 4.90 Å². The molecule has 0 aromatic rings. The van der Waals surface area contributed by atoms with Gasteiger partial charge in [-0.25, -0.2) is 0 Å². The van der Waals surface area contributed by atoms with Crippen molar-refractivity contribution >= 4 is 0 Å². The topological polar surface area (TPSA) is 39.1 Å². The Hall–Kier alpha value is -0.590. The third-order valence-corrected chi connectivity index (χ3v) is 4.22. The highest BCUT2D eigenvalue weighted by Crippen LogP contribution is 2.24. The summed E-state index contributed by atoms with van der Waals surface area (Å²) in [4.78, 5) is 2.56. The van der Waals surface area contributed by atoms with Crippen molar-refractivity contribution in [2.75, 3.05) is 19.6 Å². The molecule has 0 bridgehead atoms. The summed E-state index contributed by atoms with van der Waals surface area (Å²) in [6, 6.07) is 3.09. The minimum atomic E-state index is -0.316. The highest BCUT2D eigenvalue weighted by molar-refractivity contribution is 5.07. The summed E-state index contributed by atoms with van der Waals surface area (Å²) in [5.74, 6) is 0. The monoisotopic (exact) mass is 249 g/mol. The lowest BCUT2D eigenvalue weighted by Crippen LogP contribution is -2.45. The van der Waals surface area contributed by atoms with Crippen LogP contribution in [0.4, 0.5) is 0 Å². The molecule has 102 valence electrons. The molecule has 0 aromatic carbocycles. The molecular weight excluding hydrogens is 222 g/mol. The van der Waals surface area contributed by atoms with Crippen LogP contribution in [0, 0.1) is 11.3 Å². The first-order valence-electron chi connectivity index (χ1n) is 7.63. The SMILES string of the molecule is CC(C#N)(CCN1CCCCCCC1)NC1CC1. The molecule has 18 heavy (non-hydrogen) atoms. The summed E-state index contributed by atoms with van der Waals surface area (Å²) in [7, 11) is 0. The molecule has 2 fully saturated rings. The van der Waals surface area contributed by atoms with Crippen molar-refractivity contribution in [3.63, 3.8) is 0 Å². The van der Waals surface area contributed by atoms with Gasteiger partial charge >= 0.3 is 0 Å². The van der Waals surface area contributed by atoms with E-state index in [-0.39, 0.29) is 5.54 Å². The lowest BCUT2D eigenvalue weighted by Gasteiger charge is -2.29. The van der Waals surface area contributed by atoms with E-state index in [0.29, 0.717) is 6.04 Å². The number of likely N-dealkylation sites (tertiary alicyclic amines) is 1. The van der Waals surface area contributed by atoms with Gasteiger partial charge in [0, 0.05) is 12.6 Å². The van der Waals surface area contributed by atoms with Gasteiger partial charge in [-0.15, -0.1) is 0 Å². The van der Waals surface area contributed by atoms with Gasteiger partial charge in [0.15, 0.2) is 0 Å². The van der Waals surface area contributed by atoms with Gasteiger partial charge in [-0.2, -0.15) is 5.26 Å². The van der Waals surface area contributed by atoms with Crippen molar-refractivity contribution in [1.82, 2.24) is 10.2 Å². The predicted molar refractivity (Wildman–Crippen MR) is 74.3 cm³/mol. The normalized spacial score (nSPS) is 25.8. The largest absolute Gasteiger partial charge is 0.303 e. The smallest absolute Gasteiger partial charge is 0.105 e. The molecule has 3 heteroatoms. The Morgan fingerprint density at radius 2 is 1.78 bits per heavy atom. The van der Waals surface area contributed by atoms with E-state index in [1.807, 2.05) is 0 Å². The number of nitrogens with one attached hydrogen (secondary N) is 1. The van der Waals surface area contributed by atoms with Gasteiger partial charge in [0.25, 0.3) is 0 Å². The zero-order valence-corrected chi connectivity index (χ0v) is 11.7. The number of nitriles is 1. The second-order valence-corrected chi connectivity index (χ2v) is 6.22. The van der Waals surface area contributed by atoms with Gasteiger partial charge in [-0.1, -0.05) is 19.3 Å². The predicted octanol–water partition coefficient (Wildman–Crippen LogP) is 2.68. The van der Waals surface area contributed by atoms with Crippen LogP contribution < -0.4 is 5.32 Å². The van der Waals surface area contributed by atoms with Crippen LogP contribution in [-0.2, 0) is 0 Å². The van der Waals surface area contributed by atoms with E-state index in [1.54, 1.807) is 0 Å². The second kappa shape index (κ2) is 6.54. The first-order valence-corrected chi connectivity index (χ1v) is 7.63. The fourth-order valence-electron chi connectivity index (χ4n) is 2.76. The summed E-state index contributed by atoms with van der Waals surface area (Å²) >= 11 is 0. The lowest BCUT2D eigenvalue weighted by atomic mass is 9.98. The lowest BCUT2D eigenvalue weighted by molar-refractivity contribution is 0.224. The molecule has 0 amide bonds. The quantitative estimate of drug-likeness (QED) is 0.814. The van der Waals surface area contributed by atoms with Crippen molar-refractivity contribution < 1.29 is 0 Å². The molecule has 0 radical (unpaired) electrons. The van der Waals surface area contributed by atoms with E-state index in [4.69, 9.17) is 0 Å². The minimum Gasteiger partial charge on any atom is -0.303 e. The average molecular weight is 249 g/mol. The Bertz CT molecular complexity index is 285. The molecule has 2 aliphatic rings. The molecule has 1 unspecified atom stereocenters.